The molecule has 126 valence electrons. The van der Waals surface area contributed by atoms with Crippen LogP contribution in [0.2, 0.25) is 0 Å². The molecule has 1 N–H and O–H groups in total. The Morgan fingerprint density at radius 3 is 2.61 bits per heavy atom. The number of piperidine rings is 1. The standard InChI is InChI=1S/C16H22FN3O2S/c1-3-23(21,22)20-8-6-14(7-9-20)19-12(2)15-5-4-13(11-18)10-16(15)17/h4-5,10,12,14,19H,3,6-9H2,1-2H3. The van der Waals surface area contributed by atoms with E-state index in [0.29, 0.717) is 37.1 Å². The summed E-state index contributed by atoms with van der Waals surface area (Å²) < 4.78 is 39.2. The van der Waals surface area contributed by atoms with Crippen LogP contribution in [0.25, 0.3) is 0 Å². The Hall–Kier alpha value is -1.49. The van der Waals surface area contributed by atoms with Gasteiger partial charge in [0.25, 0.3) is 0 Å². The number of sulfonamides is 1. The van der Waals surface area contributed by atoms with Gasteiger partial charge in [0.2, 0.25) is 10.0 Å². The van der Waals surface area contributed by atoms with E-state index in [1.54, 1.807) is 19.1 Å². The minimum atomic E-state index is -3.12. The summed E-state index contributed by atoms with van der Waals surface area (Å²) in [5, 5.41) is 12.1. The summed E-state index contributed by atoms with van der Waals surface area (Å²) in [7, 11) is -3.12. The predicted octanol–water partition coefficient (Wildman–Crippen LogP) is 2.16. The molecule has 0 amide bonds. The summed E-state index contributed by atoms with van der Waals surface area (Å²) in [5.41, 5.74) is 0.823. The molecule has 1 aliphatic rings. The summed E-state index contributed by atoms with van der Waals surface area (Å²) in [6, 6.07) is 6.35. The molecule has 23 heavy (non-hydrogen) atoms. The fraction of sp³-hybridized carbons (Fsp3) is 0.562. The van der Waals surface area contributed by atoms with Gasteiger partial charge in [0.15, 0.2) is 0 Å². The highest BCUT2D eigenvalue weighted by Gasteiger charge is 2.27. The first-order chi connectivity index (χ1) is 10.9. The average Bonchev–Trinajstić information content (AvgIpc) is 2.55. The molecule has 1 saturated heterocycles. The fourth-order valence-corrected chi connectivity index (χ4v) is 4.01. The zero-order valence-corrected chi connectivity index (χ0v) is 14.2. The maximum absolute atomic E-state index is 14.0. The van der Waals surface area contributed by atoms with E-state index in [1.807, 2.05) is 13.0 Å². The van der Waals surface area contributed by atoms with Crippen molar-refractivity contribution in [1.82, 2.24) is 9.62 Å². The number of halogens is 1. The molecule has 1 aromatic rings. The Bertz CT molecular complexity index is 692. The van der Waals surface area contributed by atoms with Crippen molar-refractivity contribution < 1.29 is 12.8 Å². The van der Waals surface area contributed by atoms with Gasteiger partial charge in [-0.05, 0) is 38.8 Å². The van der Waals surface area contributed by atoms with E-state index in [2.05, 4.69) is 5.32 Å². The largest absolute Gasteiger partial charge is 0.307 e. The number of nitrogens with one attached hydrogen (secondary N) is 1. The SMILES string of the molecule is CCS(=O)(=O)N1CCC(NC(C)c2ccc(C#N)cc2F)CC1. The van der Waals surface area contributed by atoms with Crippen LogP contribution in [0.5, 0.6) is 0 Å². The summed E-state index contributed by atoms with van der Waals surface area (Å²) in [6.45, 7) is 4.52. The lowest BCUT2D eigenvalue weighted by Crippen LogP contribution is -2.45. The molecule has 0 bridgehead atoms. The zero-order valence-electron chi connectivity index (χ0n) is 13.4. The Kier molecular flexibility index (Phi) is 5.74. The van der Waals surface area contributed by atoms with Crippen molar-refractivity contribution in [1.29, 1.82) is 5.26 Å². The van der Waals surface area contributed by atoms with Crippen molar-refractivity contribution in [2.24, 2.45) is 0 Å². The number of rotatable bonds is 5. The van der Waals surface area contributed by atoms with Crippen LogP contribution in [0.4, 0.5) is 4.39 Å². The van der Waals surface area contributed by atoms with E-state index >= 15 is 0 Å². The van der Waals surface area contributed by atoms with Crippen molar-refractivity contribution in [3.63, 3.8) is 0 Å². The zero-order chi connectivity index (χ0) is 17.0. The minimum Gasteiger partial charge on any atom is -0.307 e. The molecule has 1 unspecified atom stereocenters. The van der Waals surface area contributed by atoms with Crippen molar-refractivity contribution in [3.05, 3.63) is 35.1 Å². The third kappa shape index (κ3) is 4.28. The van der Waals surface area contributed by atoms with Crippen molar-refractivity contribution >= 4 is 10.0 Å². The maximum atomic E-state index is 14.0. The predicted molar refractivity (Wildman–Crippen MR) is 86.7 cm³/mol. The highest BCUT2D eigenvalue weighted by atomic mass is 32.2. The molecule has 1 fully saturated rings. The van der Waals surface area contributed by atoms with E-state index < -0.39 is 15.8 Å². The molecule has 5 nitrogen and oxygen atoms in total. The van der Waals surface area contributed by atoms with Crippen LogP contribution >= 0.6 is 0 Å². The first-order valence-corrected chi connectivity index (χ1v) is 9.41. The van der Waals surface area contributed by atoms with E-state index in [0.717, 1.165) is 0 Å². The van der Waals surface area contributed by atoms with Gasteiger partial charge in [-0.25, -0.2) is 17.1 Å². The van der Waals surface area contributed by atoms with Crippen LogP contribution < -0.4 is 5.32 Å². The van der Waals surface area contributed by atoms with Crippen molar-refractivity contribution in [2.45, 2.75) is 38.8 Å². The maximum Gasteiger partial charge on any atom is 0.213 e. The molecule has 2 rings (SSSR count). The van der Waals surface area contributed by atoms with Gasteiger partial charge < -0.3 is 5.32 Å². The van der Waals surface area contributed by atoms with Gasteiger partial charge in [-0.2, -0.15) is 5.26 Å². The first-order valence-electron chi connectivity index (χ1n) is 7.80. The van der Waals surface area contributed by atoms with Gasteiger partial charge in [0.05, 0.1) is 17.4 Å². The lowest BCUT2D eigenvalue weighted by atomic mass is 10.0. The summed E-state index contributed by atoms with van der Waals surface area (Å²) in [6.07, 6.45) is 1.42. The van der Waals surface area contributed by atoms with E-state index in [4.69, 9.17) is 5.26 Å². The lowest BCUT2D eigenvalue weighted by Gasteiger charge is -2.33. The normalized spacial score (nSPS) is 18.5. The van der Waals surface area contributed by atoms with Crippen molar-refractivity contribution in [2.75, 3.05) is 18.8 Å². The van der Waals surface area contributed by atoms with Gasteiger partial charge >= 0.3 is 0 Å². The van der Waals surface area contributed by atoms with Gasteiger partial charge in [0.1, 0.15) is 5.82 Å². The number of nitrogens with zero attached hydrogens (tertiary/aromatic N) is 2. The molecule has 0 radical (unpaired) electrons. The lowest BCUT2D eigenvalue weighted by molar-refractivity contribution is 0.276. The Morgan fingerprint density at radius 2 is 2.09 bits per heavy atom. The third-order valence-corrected chi connectivity index (χ3v) is 6.18. The third-order valence-electron chi connectivity index (χ3n) is 4.29. The van der Waals surface area contributed by atoms with E-state index in [1.165, 1.54) is 10.4 Å². The highest BCUT2D eigenvalue weighted by molar-refractivity contribution is 7.89. The highest BCUT2D eigenvalue weighted by Crippen LogP contribution is 2.21. The summed E-state index contributed by atoms with van der Waals surface area (Å²) in [5.74, 6) is -0.271. The van der Waals surface area contributed by atoms with Crippen LogP contribution in [0, 0.1) is 17.1 Å². The number of nitriles is 1. The van der Waals surface area contributed by atoms with Gasteiger partial charge in [-0.3, -0.25) is 0 Å². The summed E-state index contributed by atoms with van der Waals surface area (Å²) in [4.78, 5) is 0. The van der Waals surface area contributed by atoms with Gasteiger partial charge in [0, 0.05) is 30.7 Å². The fourth-order valence-electron chi connectivity index (χ4n) is 2.87. The quantitative estimate of drug-likeness (QED) is 0.892. The second-order valence-corrected chi connectivity index (χ2v) is 8.07. The molecular weight excluding hydrogens is 317 g/mol. The molecule has 1 aromatic carbocycles. The monoisotopic (exact) mass is 339 g/mol. The van der Waals surface area contributed by atoms with Crippen LogP contribution in [0.3, 0.4) is 0 Å². The molecule has 1 atom stereocenters. The van der Waals surface area contributed by atoms with Gasteiger partial charge in [-0.1, -0.05) is 6.07 Å². The number of benzene rings is 1. The van der Waals surface area contributed by atoms with Crippen LogP contribution in [0.15, 0.2) is 18.2 Å². The summed E-state index contributed by atoms with van der Waals surface area (Å²) >= 11 is 0. The Morgan fingerprint density at radius 1 is 1.43 bits per heavy atom. The molecule has 7 heteroatoms. The number of hydrogen-bond donors (Lipinski definition) is 1. The second-order valence-electron chi connectivity index (χ2n) is 5.81. The Labute approximate surface area is 137 Å². The molecule has 1 aliphatic heterocycles. The molecule has 1 heterocycles. The van der Waals surface area contributed by atoms with Crippen LogP contribution in [0.1, 0.15) is 43.9 Å². The molecule has 0 saturated carbocycles. The molecule has 0 aromatic heterocycles. The van der Waals surface area contributed by atoms with E-state index in [-0.39, 0.29) is 17.8 Å². The van der Waals surface area contributed by atoms with Crippen LogP contribution in [-0.2, 0) is 10.0 Å². The molecule has 0 aliphatic carbocycles. The number of hydrogen-bond acceptors (Lipinski definition) is 4. The Balaban J connectivity index is 1.95. The van der Waals surface area contributed by atoms with Gasteiger partial charge in [-0.15, -0.1) is 0 Å². The topological polar surface area (TPSA) is 73.2 Å². The second kappa shape index (κ2) is 7.39. The minimum absolute atomic E-state index is 0.123. The van der Waals surface area contributed by atoms with Crippen LogP contribution in [-0.4, -0.2) is 37.6 Å². The first kappa shape index (κ1) is 17.9. The average molecular weight is 339 g/mol. The molecular formula is C16H22FN3O2S. The van der Waals surface area contributed by atoms with E-state index in [9.17, 15) is 12.8 Å². The van der Waals surface area contributed by atoms with Crippen molar-refractivity contribution in [3.8, 4) is 6.07 Å². The molecule has 0 spiro atoms. The smallest absolute Gasteiger partial charge is 0.213 e.